The smallest absolute Gasteiger partial charge is 0.125 e. The van der Waals surface area contributed by atoms with Crippen molar-refractivity contribution in [3.63, 3.8) is 0 Å². The molecule has 1 N–H and O–H groups in total. The van der Waals surface area contributed by atoms with Crippen LogP contribution in [0.5, 0.6) is 0 Å². The van der Waals surface area contributed by atoms with Gasteiger partial charge in [0.25, 0.3) is 0 Å². The molecule has 0 aromatic carbocycles. The van der Waals surface area contributed by atoms with E-state index in [9.17, 15) is 0 Å². The average molecular weight is 284 g/mol. The summed E-state index contributed by atoms with van der Waals surface area (Å²) in [7, 11) is 1.77. The van der Waals surface area contributed by atoms with Crippen LogP contribution in [0.15, 0.2) is 0 Å². The molecule has 1 atom stereocenters. The van der Waals surface area contributed by atoms with Gasteiger partial charge in [-0.3, -0.25) is 0 Å². The van der Waals surface area contributed by atoms with Crippen molar-refractivity contribution in [1.29, 1.82) is 0 Å². The summed E-state index contributed by atoms with van der Waals surface area (Å²) < 4.78 is 5.67. The zero-order chi connectivity index (χ0) is 14.6. The molecule has 0 saturated heterocycles. The van der Waals surface area contributed by atoms with Crippen molar-refractivity contribution in [2.24, 2.45) is 0 Å². The molecule has 1 heterocycles. The number of ether oxygens (including phenoxy) is 1. The van der Waals surface area contributed by atoms with Crippen LogP contribution >= 0.6 is 11.3 Å². The number of rotatable bonds is 7. The Morgan fingerprint density at radius 1 is 1.32 bits per heavy atom. The molecule has 19 heavy (non-hydrogen) atoms. The lowest BCUT2D eigenvalue weighted by atomic mass is 10.0. The minimum Gasteiger partial charge on any atom is -0.371 e. The number of hydrogen-bond acceptors (Lipinski definition) is 4. The normalized spacial score (nSPS) is 15.2. The van der Waals surface area contributed by atoms with Crippen molar-refractivity contribution < 1.29 is 4.74 Å². The second-order valence-corrected chi connectivity index (χ2v) is 6.89. The van der Waals surface area contributed by atoms with Crippen LogP contribution in [0.3, 0.4) is 0 Å². The fourth-order valence-corrected chi connectivity index (χ4v) is 3.21. The average Bonchev–Trinajstić information content (AvgIpc) is 2.80. The zero-order valence-corrected chi connectivity index (χ0v) is 14.1. The number of nitrogens with zero attached hydrogens (tertiary/aromatic N) is 1. The number of nitrogens with one attached hydrogen (secondary N) is 1. The van der Waals surface area contributed by atoms with E-state index in [1.165, 1.54) is 10.6 Å². The Morgan fingerprint density at radius 3 is 2.37 bits per heavy atom. The Labute approximate surface area is 121 Å². The first-order chi connectivity index (χ1) is 8.84. The molecule has 0 aliphatic rings. The summed E-state index contributed by atoms with van der Waals surface area (Å²) in [5.74, 6) is 0.451. The molecule has 110 valence electrons. The van der Waals surface area contributed by atoms with Gasteiger partial charge in [-0.2, -0.15) is 0 Å². The van der Waals surface area contributed by atoms with Gasteiger partial charge in [0, 0.05) is 24.6 Å². The van der Waals surface area contributed by atoms with Crippen LogP contribution in [0.25, 0.3) is 0 Å². The van der Waals surface area contributed by atoms with Crippen molar-refractivity contribution in [2.45, 2.75) is 72.1 Å². The first-order valence-electron chi connectivity index (χ1n) is 7.12. The molecule has 0 bridgehead atoms. The van der Waals surface area contributed by atoms with Gasteiger partial charge in [-0.05, 0) is 19.3 Å². The molecule has 0 aliphatic carbocycles. The highest BCUT2D eigenvalue weighted by Gasteiger charge is 2.29. The summed E-state index contributed by atoms with van der Waals surface area (Å²) in [4.78, 5) is 6.20. The third-order valence-corrected chi connectivity index (χ3v) is 4.84. The molecule has 0 aliphatic heterocycles. The van der Waals surface area contributed by atoms with E-state index in [0.29, 0.717) is 12.0 Å². The highest BCUT2D eigenvalue weighted by atomic mass is 32.1. The maximum atomic E-state index is 5.67. The van der Waals surface area contributed by atoms with Crippen molar-refractivity contribution in [3.05, 3.63) is 15.6 Å². The Balaban J connectivity index is 3.06. The van der Waals surface area contributed by atoms with Gasteiger partial charge in [0.05, 0.1) is 5.69 Å². The molecule has 0 spiro atoms. The van der Waals surface area contributed by atoms with Gasteiger partial charge in [0.2, 0.25) is 0 Å². The van der Waals surface area contributed by atoms with Gasteiger partial charge in [-0.15, -0.1) is 11.3 Å². The molecule has 1 unspecified atom stereocenters. The fourth-order valence-electron chi connectivity index (χ4n) is 1.85. The number of methoxy groups -OCH3 is 1. The van der Waals surface area contributed by atoms with Crippen LogP contribution in [0.2, 0.25) is 0 Å². The molecule has 3 nitrogen and oxygen atoms in total. The predicted octanol–water partition coefficient (Wildman–Crippen LogP) is 4.04. The van der Waals surface area contributed by atoms with E-state index in [0.717, 1.165) is 18.0 Å². The van der Waals surface area contributed by atoms with Gasteiger partial charge >= 0.3 is 0 Å². The van der Waals surface area contributed by atoms with E-state index in [-0.39, 0.29) is 5.60 Å². The second-order valence-electron chi connectivity index (χ2n) is 5.81. The minimum absolute atomic E-state index is 0.260. The van der Waals surface area contributed by atoms with Gasteiger partial charge in [0.15, 0.2) is 0 Å². The second kappa shape index (κ2) is 6.82. The van der Waals surface area contributed by atoms with Crippen LogP contribution < -0.4 is 5.32 Å². The van der Waals surface area contributed by atoms with E-state index < -0.39 is 0 Å². The molecule has 1 aromatic heterocycles. The monoisotopic (exact) mass is 284 g/mol. The predicted molar refractivity (Wildman–Crippen MR) is 82.8 cm³/mol. The first kappa shape index (κ1) is 16.6. The minimum atomic E-state index is -0.260. The van der Waals surface area contributed by atoms with Crippen LogP contribution in [0, 0.1) is 0 Å². The summed E-state index contributed by atoms with van der Waals surface area (Å²) in [6.07, 6.45) is 0.936. The highest BCUT2D eigenvalue weighted by Crippen LogP contribution is 2.35. The highest BCUT2D eigenvalue weighted by molar-refractivity contribution is 7.11. The van der Waals surface area contributed by atoms with Crippen molar-refractivity contribution in [3.8, 4) is 0 Å². The molecule has 4 heteroatoms. The molecule has 1 aromatic rings. The first-order valence-corrected chi connectivity index (χ1v) is 7.94. The lowest BCUT2D eigenvalue weighted by Gasteiger charge is -2.23. The Morgan fingerprint density at radius 2 is 1.95 bits per heavy atom. The molecule has 1 rings (SSSR count). The van der Waals surface area contributed by atoms with Crippen molar-refractivity contribution in [2.75, 3.05) is 7.11 Å². The van der Waals surface area contributed by atoms with E-state index in [2.05, 4.69) is 46.9 Å². The van der Waals surface area contributed by atoms with Gasteiger partial charge in [-0.25, -0.2) is 4.98 Å². The molecular weight excluding hydrogens is 256 g/mol. The molecule has 0 radical (unpaired) electrons. The van der Waals surface area contributed by atoms with Crippen molar-refractivity contribution >= 4 is 11.3 Å². The van der Waals surface area contributed by atoms with E-state index in [1.54, 1.807) is 18.4 Å². The third kappa shape index (κ3) is 4.01. The molecule has 0 amide bonds. The largest absolute Gasteiger partial charge is 0.371 e. The summed E-state index contributed by atoms with van der Waals surface area (Å²) in [5, 5.41) is 4.59. The maximum Gasteiger partial charge on any atom is 0.125 e. The number of aromatic nitrogens is 1. The SMILES string of the molecule is CCC(C)(OC)c1nc(C(C)C)c(CNC(C)C)s1. The Kier molecular flexibility index (Phi) is 5.96. The maximum absolute atomic E-state index is 5.67. The van der Waals surface area contributed by atoms with Gasteiger partial charge < -0.3 is 10.1 Å². The molecular formula is C15H28N2OS. The Bertz CT molecular complexity index is 395. The van der Waals surface area contributed by atoms with Crippen LogP contribution in [0.1, 0.15) is 69.5 Å². The lowest BCUT2D eigenvalue weighted by molar-refractivity contribution is -0.00168. The number of hydrogen-bond donors (Lipinski definition) is 1. The third-order valence-electron chi connectivity index (χ3n) is 3.52. The fraction of sp³-hybridized carbons (Fsp3) is 0.800. The lowest BCUT2D eigenvalue weighted by Crippen LogP contribution is -2.23. The van der Waals surface area contributed by atoms with E-state index >= 15 is 0 Å². The van der Waals surface area contributed by atoms with Gasteiger partial charge in [-0.1, -0.05) is 34.6 Å². The quantitative estimate of drug-likeness (QED) is 0.820. The van der Waals surface area contributed by atoms with E-state index in [1.807, 2.05) is 0 Å². The summed E-state index contributed by atoms with van der Waals surface area (Å²) in [6, 6.07) is 0.491. The van der Waals surface area contributed by atoms with Crippen molar-refractivity contribution in [1.82, 2.24) is 10.3 Å². The Hall–Kier alpha value is -0.450. The topological polar surface area (TPSA) is 34.1 Å². The zero-order valence-electron chi connectivity index (χ0n) is 13.3. The molecule has 0 saturated carbocycles. The summed E-state index contributed by atoms with van der Waals surface area (Å²) >= 11 is 1.79. The molecule has 0 fully saturated rings. The number of thiazole rings is 1. The van der Waals surface area contributed by atoms with Crippen LogP contribution in [0.4, 0.5) is 0 Å². The van der Waals surface area contributed by atoms with Gasteiger partial charge in [0.1, 0.15) is 10.6 Å². The van der Waals surface area contributed by atoms with E-state index in [4.69, 9.17) is 9.72 Å². The van der Waals surface area contributed by atoms with Crippen LogP contribution in [-0.2, 0) is 16.9 Å². The summed E-state index contributed by atoms with van der Waals surface area (Å²) in [6.45, 7) is 13.9. The summed E-state index contributed by atoms with van der Waals surface area (Å²) in [5.41, 5.74) is 0.953. The van der Waals surface area contributed by atoms with Crippen LogP contribution in [-0.4, -0.2) is 18.1 Å². The standard InChI is InChI=1S/C15H28N2OS/c1-8-15(6,18-7)14-17-13(10(2)3)12(19-14)9-16-11(4)5/h10-11,16H,8-9H2,1-7H3.